The van der Waals surface area contributed by atoms with Crippen LogP contribution in [0.15, 0.2) is 36.4 Å². The fraction of sp³-hybridized carbons (Fsp3) is 0.235. The van der Waals surface area contributed by atoms with E-state index >= 15 is 0 Å². The van der Waals surface area contributed by atoms with Gasteiger partial charge in [0.2, 0.25) is 0 Å². The van der Waals surface area contributed by atoms with Crippen LogP contribution < -0.4 is 10.6 Å². The maximum atomic E-state index is 12.6. The molecule has 1 amide bonds. The Hall–Kier alpha value is -2.29. The van der Waals surface area contributed by atoms with Crippen molar-refractivity contribution in [3.8, 4) is 0 Å². The number of hydrogen-bond acceptors (Lipinski definition) is 2. The van der Waals surface area contributed by atoms with E-state index in [1.54, 1.807) is 24.1 Å². The number of carbonyl (C=O) groups is 1. The lowest BCUT2D eigenvalue weighted by Gasteiger charge is -2.21. The van der Waals surface area contributed by atoms with Crippen LogP contribution in [0.3, 0.4) is 0 Å². The average Bonchev–Trinajstić information content (AvgIpc) is 2.37. The van der Waals surface area contributed by atoms with Gasteiger partial charge in [-0.15, -0.1) is 0 Å². The number of benzene rings is 2. The molecular formula is C17H20N2O. The van der Waals surface area contributed by atoms with Gasteiger partial charge < -0.3 is 10.6 Å². The highest BCUT2D eigenvalue weighted by molar-refractivity contribution is 6.07. The molecule has 3 nitrogen and oxygen atoms in total. The molecule has 0 aromatic heterocycles. The standard InChI is InChI=1S/C17H20N2O/c1-11-5-8-16(13(3)9-11)19(4)17(20)15-7-6-14(18)10-12(15)2/h5-10H,18H2,1-4H3. The Morgan fingerprint density at radius 1 is 1.00 bits per heavy atom. The monoisotopic (exact) mass is 268 g/mol. The number of nitrogen functional groups attached to an aromatic ring is 1. The Morgan fingerprint density at radius 3 is 2.30 bits per heavy atom. The first-order valence-electron chi connectivity index (χ1n) is 6.61. The van der Waals surface area contributed by atoms with Crippen LogP contribution in [0, 0.1) is 20.8 Å². The molecule has 0 bridgehead atoms. The van der Waals surface area contributed by atoms with Crippen molar-refractivity contribution < 1.29 is 4.79 Å². The van der Waals surface area contributed by atoms with Crippen LogP contribution in [0.5, 0.6) is 0 Å². The summed E-state index contributed by atoms with van der Waals surface area (Å²) >= 11 is 0. The van der Waals surface area contributed by atoms with Crippen LogP contribution in [0.4, 0.5) is 11.4 Å². The van der Waals surface area contributed by atoms with Gasteiger partial charge in [0, 0.05) is 24.0 Å². The summed E-state index contributed by atoms with van der Waals surface area (Å²) in [5.41, 5.74) is 11.2. The van der Waals surface area contributed by atoms with Crippen molar-refractivity contribution in [3.63, 3.8) is 0 Å². The lowest BCUT2D eigenvalue weighted by Crippen LogP contribution is -2.27. The Bertz CT molecular complexity index is 662. The zero-order valence-electron chi connectivity index (χ0n) is 12.4. The summed E-state index contributed by atoms with van der Waals surface area (Å²) in [7, 11) is 1.80. The van der Waals surface area contributed by atoms with E-state index in [2.05, 4.69) is 6.07 Å². The van der Waals surface area contributed by atoms with E-state index < -0.39 is 0 Å². The smallest absolute Gasteiger partial charge is 0.258 e. The molecule has 2 aromatic carbocycles. The predicted molar refractivity (Wildman–Crippen MR) is 84.2 cm³/mol. The molecule has 0 saturated heterocycles. The Balaban J connectivity index is 2.37. The zero-order chi connectivity index (χ0) is 14.9. The molecule has 2 rings (SSSR count). The van der Waals surface area contributed by atoms with Crippen molar-refractivity contribution >= 4 is 17.3 Å². The third kappa shape index (κ3) is 2.67. The summed E-state index contributed by atoms with van der Waals surface area (Å²) in [4.78, 5) is 14.3. The van der Waals surface area contributed by atoms with Gasteiger partial charge in [-0.05, 0) is 56.2 Å². The van der Waals surface area contributed by atoms with Gasteiger partial charge in [-0.1, -0.05) is 17.7 Å². The molecule has 0 radical (unpaired) electrons. The lowest BCUT2D eigenvalue weighted by molar-refractivity contribution is 0.0992. The van der Waals surface area contributed by atoms with Gasteiger partial charge in [0.15, 0.2) is 0 Å². The van der Waals surface area contributed by atoms with Crippen molar-refractivity contribution in [2.75, 3.05) is 17.7 Å². The summed E-state index contributed by atoms with van der Waals surface area (Å²) in [5.74, 6) is -0.0190. The van der Waals surface area contributed by atoms with E-state index in [9.17, 15) is 4.79 Å². The summed E-state index contributed by atoms with van der Waals surface area (Å²) in [6.07, 6.45) is 0. The molecule has 0 unspecified atom stereocenters. The molecule has 0 atom stereocenters. The first-order chi connectivity index (χ1) is 9.40. The van der Waals surface area contributed by atoms with Gasteiger partial charge >= 0.3 is 0 Å². The number of hydrogen-bond donors (Lipinski definition) is 1. The maximum absolute atomic E-state index is 12.6. The lowest BCUT2D eigenvalue weighted by atomic mass is 10.1. The molecule has 0 saturated carbocycles. The van der Waals surface area contributed by atoms with E-state index in [0.29, 0.717) is 11.3 Å². The van der Waals surface area contributed by atoms with Gasteiger partial charge in [0.25, 0.3) is 5.91 Å². The molecule has 0 aliphatic rings. The number of amides is 1. The Morgan fingerprint density at radius 2 is 1.70 bits per heavy atom. The average molecular weight is 268 g/mol. The number of rotatable bonds is 2. The second-order valence-corrected chi connectivity index (χ2v) is 5.23. The van der Waals surface area contributed by atoms with Crippen LogP contribution in [0.2, 0.25) is 0 Å². The minimum absolute atomic E-state index is 0.0190. The topological polar surface area (TPSA) is 46.3 Å². The van der Waals surface area contributed by atoms with Crippen molar-refractivity contribution in [2.24, 2.45) is 0 Å². The fourth-order valence-electron chi connectivity index (χ4n) is 2.40. The second-order valence-electron chi connectivity index (χ2n) is 5.23. The fourth-order valence-corrected chi connectivity index (χ4v) is 2.40. The number of nitrogens with zero attached hydrogens (tertiary/aromatic N) is 1. The second kappa shape index (κ2) is 5.37. The minimum atomic E-state index is -0.0190. The predicted octanol–water partition coefficient (Wildman–Crippen LogP) is 3.47. The molecule has 0 fully saturated rings. The van der Waals surface area contributed by atoms with E-state index in [4.69, 9.17) is 5.73 Å². The van der Waals surface area contributed by atoms with Gasteiger partial charge in [-0.25, -0.2) is 0 Å². The van der Waals surface area contributed by atoms with Crippen molar-refractivity contribution in [3.05, 3.63) is 58.7 Å². The van der Waals surface area contributed by atoms with Crippen LogP contribution in [0.1, 0.15) is 27.0 Å². The summed E-state index contributed by atoms with van der Waals surface area (Å²) < 4.78 is 0. The summed E-state index contributed by atoms with van der Waals surface area (Å²) in [5, 5.41) is 0. The SMILES string of the molecule is Cc1ccc(N(C)C(=O)c2ccc(N)cc2C)c(C)c1. The van der Waals surface area contributed by atoms with E-state index in [-0.39, 0.29) is 5.91 Å². The quantitative estimate of drug-likeness (QED) is 0.848. The first-order valence-corrected chi connectivity index (χ1v) is 6.61. The number of anilines is 2. The third-order valence-corrected chi connectivity index (χ3v) is 3.50. The molecular weight excluding hydrogens is 248 g/mol. The molecule has 20 heavy (non-hydrogen) atoms. The van der Waals surface area contributed by atoms with Gasteiger partial charge in [-0.2, -0.15) is 0 Å². The van der Waals surface area contributed by atoms with Gasteiger partial charge in [0.05, 0.1) is 0 Å². The third-order valence-electron chi connectivity index (χ3n) is 3.50. The number of nitrogens with two attached hydrogens (primary N) is 1. The molecule has 0 heterocycles. The first kappa shape index (κ1) is 14.1. The molecule has 104 valence electrons. The molecule has 2 N–H and O–H groups in total. The largest absolute Gasteiger partial charge is 0.399 e. The van der Waals surface area contributed by atoms with Crippen molar-refractivity contribution in [2.45, 2.75) is 20.8 Å². The summed E-state index contributed by atoms with van der Waals surface area (Å²) in [6.45, 7) is 5.96. The maximum Gasteiger partial charge on any atom is 0.258 e. The van der Waals surface area contributed by atoms with E-state index in [1.807, 2.05) is 39.0 Å². The van der Waals surface area contributed by atoms with Crippen LogP contribution in [-0.4, -0.2) is 13.0 Å². The van der Waals surface area contributed by atoms with E-state index in [1.165, 1.54) is 5.56 Å². The molecule has 3 heteroatoms. The normalized spacial score (nSPS) is 10.4. The Labute approximate surface area is 120 Å². The molecule has 0 spiro atoms. The summed E-state index contributed by atoms with van der Waals surface area (Å²) in [6, 6.07) is 11.4. The highest BCUT2D eigenvalue weighted by Crippen LogP contribution is 2.23. The van der Waals surface area contributed by atoms with Gasteiger partial charge in [0.1, 0.15) is 0 Å². The number of carbonyl (C=O) groups excluding carboxylic acids is 1. The zero-order valence-corrected chi connectivity index (χ0v) is 12.4. The number of aryl methyl sites for hydroxylation is 3. The van der Waals surface area contributed by atoms with Gasteiger partial charge in [-0.3, -0.25) is 4.79 Å². The highest BCUT2D eigenvalue weighted by Gasteiger charge is 2.17. The Kier molecular flexibility index (Phi) is 3.79. The van der Waals surface area contributed by atoms with Crippen molar-refractivity contribution in [1.29, 1.82) is 0 Å². The van der Waals surface area contributed by atoms with Crippen molar-refractivity contribution in [1.82, 2.24) is 0 Å². The van der Waals surface area contributed by atoms with Crippen LogP contribution in [0.25, 0.3) is 0 Å². The minimum Gasteiger partial charge on any atom is -0.399 e. The van der Waals surface area contributed by atoms with Crippen LogP contribution in [-0.2, 0) is 0 Å². The highest BCUT2D eigenvalue weighted by atomic mass is 16.2. The molecule has 0 aliphatic carbocycles. The molecule has 0 aliphatic heterocycles. The van der Waals surface area contributed by atoms with Crippen LogP contribution >= 0.6 is 0 Å². The van der Waals surface area contributed by atoms with E-state index in [0.717, 1.165) is 16.8 Å². The molecule has 2 aromatic rings.